The summed E-state index contributed by atoms with van der Waals surface area (Å²) in [4.78, 5) is 23.0. The second kappa shape index (κ2) is 6.47. The summed E-state index contributed by atoms with van der Waals surface area (Å²) in [7, 11) is 0. The summed E-state index contributed by atoms with van der Waals surface area (Å²) >= 11 is 0. The van der Waals surface area contributed by atoms with E-state index in [0.29, 0.717) is 29.2 Å². The maximum atomic E-state index is 12.2. The van der Waals surface area contributed by atoms with Crippen LogP contribution in [0.15, 0.2) is 34.7 Å². The van der Waals surface area contributed by atoms with Crippen LogP contribution in [0.25, 0.3) is 0 Å². The van der Waals surface area contributed by atoms with Crippen LogP contribution in [0.5, 0.6) is 0 Å². The van der Waals surface area contributed by atoms with Crippen LogP contribution < -0.4 is 5.32 Å². The maximum absolute atomic E-state index is 12.2. The second-order valence-electron chi connectivity index (χ2n) is 5.42. The van der Waals surface area contributed by atoms with E-state index in [0.717, 1.165) is 5.56 Å². The van der Waals surface area contributed by atoms with Crippen molar-refractivity contribution in [1.82, 2.24) is 0 Å². The normalized spacial score (nSPS) is 12.0. The molecule has 0 aliphatic rings. The Balaban J connectivity index is 2.03. The smallest absolute Gasteiger partial charge is 0.306 e. The number of hydrogen-bond donors (Lipinski definition) is 2. The first-order valence-corrected chi connectivity index (χ1v) is 7.07. The molecule has 116 valence electrons. The van der Waals surface area contributed by atoms with Gasteiger partial charge in [0.1, 0.15) is 11.5 Å². The highest BCUT2D eigenvalue weighted by atomic mass is 16.4. The first-order valence-electron chi connectivity index (χ1n) is 7.07. The van der Waals surface area contributed by atoms with Crippen LogP contribution in [0.2, 0.25) is 0 Å². The number of carboxylic acid groups (broad SMARTS) is 1. The van der Waals surface area contributed by atoms with Crippen LogP contribution in [0, 0.1) is 19.8 Å². The molecule has 0 spiro atoms. The summed E-state index contributed by atoms with van der Waals surface area (Å²) < 4.78 is 5.34. The predicted octanol–water partition coefficient (Wildman–Crippen LogP) is 3.41. The van der Waals surface area contributed by atoms with Crippen LogP contribution in [-0.4, -0.2) is 17.0 Å². The first-order chi connectivity index (χ1) is 10.4. The zero-order valence-corrected chi connectivity index (χ0v) is 12.8. The number of carboxylic acids is 1. The Labute approximate surface area is 129 Å². The number of aryl methyl sites for hydroxylation is 2. The van der Waals surface area contributed by atoms with Gasteiger partial charge in [-0.05, 0) is 44.0 Å². The van der Waals surface area contributed by atoms with Crippen LogP contribution >= 0.6 is 0 Å². The van der Waals surface area contributed by atoms with E-state index in [1.54, 1.807) is 39.0 Å². The van der Waals surface area contributed by atoms with E-state index in [4.69, 9.17) is 9.52 Å². The first kappa shape index (κ1) is 15.8. The average Bonchev–Trinajstić information content (AvgIpc) is 2.79. The van der Waals surface area contributed by atoms with Gasteiger partial charge in [0.05, 0.1) is 11.5 Å². The van der Waals surface area contributed by atoms with Gasteiger partial charge in [0.2, 0.25) is 0 Å². The lowest BCUT2D eigenvalue weighted by Gasteiger charge is -2.08. The third kappa shape index (κ3) is 3.75. The van der Waals surface area contributed by atoms with E-state index in [-0.39, 0.29) is 5.91 Å². The van der Waals surface area contributed by atoms with Crippen molar-refractivity contribution in [2.24, 2.45) is 5.92 Å². The second-order valence-corrected chi connectivity index (χ2v) is 5.42. The predicted molar refractivity (Wildman–Crippen MR) is 83.1 cm³/mol. The topological polar surface area (TPSA) is 79.5 Å². The van der Waals surface area contributed by atoms with E-state index >= 15 is 0 Å². The minimum absolute atomic E-state index is 0.221. The Morgan fingerprint density at radius 2 is 1.86 bits per heavy atom. The molecule has 0 saturated carbocycles. The lowest BCUT2D eigenvalue weighted by atomic mass is 10.0. The van der Waals surface area contributed by atoms with E-state index in [9.17, 15) is 9.59 Å². The van der Waals surface area contributed by atoms with Crippen molar-refractivity contribution in [3.63, 3.8) is 0 Å². The van der Waals surface area contributed by atoms with Crippen molar-refractivity contribution < 1.29 is 19.1 Å². The summed E-state index contributed by atoms with van der Waals surface area (Å²) in [6.07, 6.45) is 0.462. The molecule has 22 heavy (non-hydrogen) atoms. The summed E-state index contributed by atoms with van der Waals surface area (Å²) in [6.45, 7) is 5.21. The third-order valence-corrected chi connectivity index (χ3v) is 3.46. The molecule has 2 N–H and O–H groups in total. The largest absolute Gasteiger partial charge is 0.481 e. The summed E-state index contributed by atoms with van der Waals surface area (Å²) in [5.74, 6) is -0.191. The number of carbonyl (C=O) groups excluding carboxylic acids is 1. The fourth-order valence-electron chi connectivity index (χ4n) is 2.22. The monoisotopic (exact) mass is 301 g/mol. The lowest BCUT2D eigenvalue weighted by Crippen LogP contribution is -2.13. The number of benzene rings is 1. The summed E-state index contributed by atoms with van der Waals surface area (Å²) in [5.41, 5.74) is 2.10. The highest BCUT2D eigenvalue weighted by molar-refractivity contribution is 6.05. The van der Waals surface area contributed by atoms with Gasteiger partial charge in [-0.15, -0.1) is 0 Å². The molecule has 0 radical (unpaired) electrons. The van der Waals surface area contributed by atoms with Gasteiger partial charge in [-0.2, -0.15) is 0 Å². The van der Waals surface area contributed by atoms with E-state index in [2.05, 4.69) is 5.32 Å². The Morgan fingerprint density at radius 1 is 1.23 bits per heavy atom. The molecule has 1 unspecified atom stereocenters. The zero-order valence-electron chi connectivity index (χ0n) is 12.8. The molecule has 1 atom stereocenters. The molecule has 1 heterocycles. The van der Waals surface area contributed by atoms with Crippen LogP contribution in [0.1, 0.15) is 34.4 Å². The zero-order chi connectivity index (χ0) is 16.3. The van der Waals surface area contributed by atoms with Crippen molar-refractivity contribution in [1.29, 1.82) is 0 Å². The van der Waals surface area contributed by atoms with Crippen molar-refractivity contribution in [2.45, 2.75) is 27.2 Å². The number of anilines is 1. The van der Waals surface area contributed by atoms with Gasteiger partial charge >= 0.3 is 5.97 Å². The fraction of sp³-hybridized carbons (Fsp3) is 0.294. The summed E-state index contributed by atoms with van der Waals surface area (Å²) in [6, 6.07) is 8.88. The Hall–Kier alpha value is -2.56. The molecular formula is C17H19NO4. The van der Waals surface area contributed by atoms with Crippen molar-refractivity contribution in [3.05, 3.63) is 53.0 Å². The van der Waals surface area contributed by atoms with Crippen LogP contribution in [0.4, 0.5) is 5.69 Å². The molecule has 0 aliphatic heterocycles. The van der Waals surface area contributed by atoms with Crippen molar-refractivity contribution in [3.8, 4) is 0 Å². The van der Waals surface area contributed by atoms with E-state index in [1.807, 2.05) is 12.1 Å². The molecule has 5 heteroatoms. The van der Waals surface area contributed by atoms with Gasteiger partial charge in [0, 0.05) is 5.69 Å². The molecule has 2 rings (SSSR count). The van der Waals surface area contributed by atoms with Crippen LogP contribution in [0.3, 0.4) is 0 Å². The molecule has 1 aromatic heterocycles. The van der Waals surface area contributed by atoms with Gasteiger partial charge in [0.25, 0.3) is 5.91 Å². The molecule has 1 amide bonds. The molecule has 0 bridgehead atoms. The molecule has 0 aliphatic carbocycles. The number of hydrogen-bond acceptors (Lipinski definition) is 3. The van der Waals surface area contributed by atoms with Gasteiger partial charge in [-0.3, -0.25) is 9.59 Å². The number of rotatable bonds is 5. The minimum Gasteiger partial charge on any atom is -0.481 e. The van der Waals surface area contributed by atoms with Crippen molar-refractivity contribution in [2.75, 3.05) is 5.32 Å². The van der Waals surface area contributed by atoms with Crippen LogP contribution in [-0.2, 0) is 11.2 Å². The third-order valence-electron chi connectivity index (χ3n) is 3.46. The molecule has 0 fully saturated rings. The summed E-state index contributed by atoms with van der Waals surface area (Å²) in [5, 5.41) is 11.7. The lowest BCUT2D eigenvalue weighted by molar-refractivity contribution is -0.141. The number of furan rings is 1. The highest BCUT2D eigenvalue weighted by Crippen LogP contribution is 2.17. The Kier molecular flexibility index (Phi) is 4.65. The molecule has 5 nitrogen and oxygen atoms in total. The maximum Gasteiger partial charge on any atom is 0.306 e. The van der Waals surface area contributed by atoms with Gasteiger partial charge in [-0.1, -0.05) is 19.1 Å². The van der Waals surface area contributed by atoms with Crippen molar-refractivity contribution >= 4 is 17.6 Å². The van der Waals surface area contributed by atoms with Gasteiger partial charge in [-0.25, -0.2) is 0 Å². The molecular weight excluding hydrogens is 282 g/mol. The number of amides is 1. The average molecular weight is 301 g/mol. The standard InChI is InChI=1S/C17H19NO4/c1-10(17(20)21)8-13-4-6-14(7-5-13)18-16(19)15-9-11(2)22-12(15)3/h4-7,9-10H,8H2,1-3H3,(H,18,19)(H,20,21). The minimum atomic E-state index is -0.816. The fourth-order valence-corrected chi connectivity index (χ4v) is 2.22. The Bertz CT molecular complexity index is 685. The Morgan fingerprint density at radius 3 is 2.36 bits per heavy atom. The SMILES string of the molecule is Cc1cc(C(=O)Nc2ccc(CC(C)C(=O)O)cc2)c(C)o1. The molecule has 2 aromatic rings. The van der Waals surface area contributed by atoms with Gasteiger partial charge in [0.15, 0.2) is 0 Å². The molecule has 1 aromatic carbocycles. The highest BCUT2D eigenvalue weighted by Gasteiger charge is 2.14. The number of nitrogens with one attached hydrogen (secondary N) is 1. The van der Waals surface area contributed by atoms with Gasteiger partial charge < -0.3 is 14.8 Å². The molecule has 0 saturated heterocycles. The quantitative estimate of drug-likeness (QED) is 0.887. The number of carbonyl (C=O) groups is 2. The van der Waals surface area contributed by atoms with E-state index < -0.39 is 11.9 Å². The number of aliphatic carboxylic acids is 1. The van der Waals surface area contributed by atoms with E-state index in [1.165, 1.54) is 0 Å².